The second-order valence-corrected chi connectivity index (χ2v) is 6.18. The Bertz CT molecular complexity index is 498. The largest absolute Gasteiger partial charge is 0.389 e. The number of nitrogens with two attached hydrogens (primary N) is 1. The predicted octanol–water partition coefficient (Wildman–Crippen LogP) is 2.38. The summed E-state index contributed by atoms with van der Waals surface area (Å²) in [5.41, 5.74) is 6.83. The van der Waals surface area contributed by atoms with Crippen LogP contribution in [0.4, 0.5) is 4.39 Å². The molecule has 1 aromatic rings. The highest BCUT2D eigenvalue weighted by atomic mass is 32.1. The van der Waals surface area contributed by atoms with Crippen molar-refractivity contribution in [2.45, 2.75) is 32.9 Å². The van der Waals surface area contributed by atoms with Crippen molar-refractivity contribution in [1.29, 1.82) is 0 Å². The van der Waals surface area contributed by atoms with Gasteiger partial charge in [-0.15, -0.1) is 0 Å². The Balaban J connectivity index is 1.93. The van der Waals surface area contributed by atoms with Crippen molar-refractivity contribution in [2.75, 3.05) is 26.2 Å². The van der Waals surface area contributed by atoms with Crippen LogP contribution in [0.1, 0.15) is 31.4 Å². The van der Waals surface area contributed by atoms with Gasteiger partial charge in [-0.25, -0.2) is 4.39 Å². The van der Waals surface area contributed by atoms with Crippen molar-refractivity contribution in [3.8, 4) is 0 Å². The summed E-state index contributed by atoms with van der Waals surface area (Å²) in [5.74, 6) is -0.218. The van der Waals surface area contributed by atoms with Crippen molar-refractivity contribution >= 4 is 17.2 Å². The van der Waals surface area contributed by atoms with Gasteiger partial charge in [0.1, 0.15) is 10.8 Å². The molecule has 1 fully saturated rings. The van der Waals surface area contributed by atoms with Crippen LogP contribution in [0.15, 0.2) is 18.2 Å². The van der Waals surface area contributed by atoms with E-state index in [1.165, 1.54) is 12.5 Å². The summed E-state index contributed by atoms with van der Waals surface area (Å²) in [6, 6.07) is 5.67. The van der Waals surface area contributed by atoms with Gasteiger partial charge in [0.05, 0.1) is 0 Å². The fourth-order valence-electron chi connectivity index (χ4n) is 2.69. The van der Waals surface area contributed by atoms with E-state index in [1.54, 1.807) is 12.1 Å². The van der Waals surface area contributed by atoms with Gasteiger partial charge in [0.15, 0.2) is 0 Å². The summed E-state index contributed by atoms with van der Waals surface area (Å²) in [6.45, 7) is 9.22. The molecule has 1 atom stereocenters. The Morgan fingerprint density at radius 3 is 2.52 bits per heavy atom. The Morgan fingerprint density at radius 2 is 2.00 bits per heavy atom. The first-order chi connectivity index (χ1) is 10.0. The van der Waals surface area contributed by atoms with E-state index in [-0.39, 0.29) is 10.8 Å². The van der Waals surface area contributed by atoms with E-state index in [4.69, 9.17) is 18.0 Å². The maximum Gasteiger partial charge on any atom is 0.128 e. The minimum Gasteiger partial charge on any atom is -0.389 e. The third-order valence-corrected chi connectivity index (χ3v) is 4.59. The van der Waals surface area contributed by atoms with Crippen molar-refractivity contribution in [2.24, 2.45) is 5.73 Å². The number of benzene rings is 1. The van der Waals surface area contributed by atoms with Crippen molar-refractivity contribution in [3.05, 3.63) is 35.1 Å². The molecule has 1 heterocycles. The molecule has 0 aromatic heterocycles. The van der Waals surface area contributed by atoms with Crippen LogP contribution >= 0.6 is 12.2 Å². The van der Waals surface area contributed by atoms with Crippen LogP contribution in [0.5, 0.6) is 0 Å². The molecule has 5 heteroatoms. The topological polar surface area (TPSA) is 32.5 Å². The van der Waals surface area contributed by atoms with Gasteiger partial charge in [-0.2, -0.15) is 0 Å². The summed E-state index contributed by atoms with van der Waals surface area (Å²) in [4.78, 5) is 5.04. The van der Waals surface area contributed by atoms with E-state index in [0.717, 1.165) is 26.2 Å². The maximum absolute atomic E-state index is 14.1. The molecule has 0 spiro atoms. The molecule has 0 saturated carbocycles. The highest BCUT2D eigenvalue weighted by Gasteiger charge is 2.20. The molecular weight excluding hydrogens is 285 g/mol. The van der Waals surface area contributed by atoms with Gasteiger partial charge >= 0.3 is 0 Å². The van der Waals surface area contributed by atoms with Gasteiger partial charge < -0.3 is 5.73 Å². The van der Waals surface area contributed by atoms with Crippen molar-refractivity contribution in [3.63, 3.8) is 0 Å². The monoisotopic (exact) mass is 309 g/mol. The molecule has 0 amide bonds. The Kier molecular flexibility index (Phi) is 5.67. The van der Waals surface area contributed by atoms with Crippen LogP contribution in [0.2, 0.25) is 0 Å². The second kappa shape index (κ2) is 7.29. The molecule has 1 aliphatic heterocycles. The van der Waals surface area contributed by atoms with Gasteiger partial charge in [-0.05, 0) is 19.4 Å². The summed E-state index contributed by atoms with van der Waals surface area (Å²) >= 11 is 4.87. The number of thiocarbonyl (C=S) groups is 1. The van der Waals surface area contributed by atoms with E-state index in [1.807, 2.05) is 0 Å². The zero-order valence-corrected chi connectivity index (χ0v) is 13.6. The molecular formula is C16H24FN3S. The maximum atomic E-state index is 14.1. The molecule has 2 N–H and O–H groups in total. The minimum absolute atomic E-state index is 0.218. The number of hydrogen-bond acceptors (Lipinski definition) is 3. The molecule has 0 aliphatic carbocycles. The first kappa shape index (κ1) is 16.3. The molecule has 1 aromatic carbocycles. The van der Waals surface area contributed by atoms with Gasteiger partial charge in [-0.3, -0.25) is 9.80 Å². The molecule has 116 valence electrons. The van der Waals surface area contributed by atoms with Crippen LogP contribution in [-0.2, 0) is 6.54 Å². The van der Waals surface area contributed by atoms with Gasteiger partial charge in [-0.1, -0.05) is 31.3 Å². The predicted molar refractivity (Wildman–Crippen MR) is 88.9 cm³/mol. The van der Waals surface area contributed by atoms with Crippen LogP contribution in [0.25, 0.3) is 0 Å². The second-order valence-electron chi connectivity index (χ2n) is 5.74. The zero-order chi connectivity index (χ0) is 15.4. The average Bonchev–Trinajstić information content (AvgIpc) is 2.49. The summed E-state index contributed by atoms with van der Waals surface area (Å²) in [5, 5.41) is 0. The first-order valence-electron chi connectivity index (χ1n) is 7.56. The van der Waals surface area contributed by atoms with E-state index in [2.05, 4.69) is 23.6 Å². The average molecular weight is 309 g/mol. The lowest BCUT2D eigenvalue weighted by molar-refractivity contribution is 0.0957. The molecule has 21 heavy (non-hydrogen) atoms. The van der Waals surface area contributed by atoms with Crippen LogP contribution in [-0.4, -0.2) is 47.0 Å². The van der Waals surface area contributed by atoms with E-state index < -0.39 is 0 Å². The highest BCUT2D eigenvalue weighted by molar-refractivity contribution is 7.80. The number of piperazine rings is 1. The minimum atomic E-state index is -0.218. The summed E-state index contributed by atoms with van der Waals surface area (Å²) in [6.07, 6.45) is 1.18. The standard InChI is InChI=1S/C16H24FN3S/c1-3-12(2)20-8-6-19(7-9-20)11-14-5-4-13(16(18)21)10-15(14)17/h4-5,10,12H,3,6-9,11H2,1-2H3,(H2,18,21). The fourth-order valence-corrected chi connectivity index (χ4v) is 2.82. The van der Waals surface area contributed by atoms with Gasteiger partial charge in [0.2, 0.25) is 0 Å². The molecule has 3 nitrogen and oxygen atoms in total. The molecule has 0 bridgehead atoms. The Morgan fingerprint density at radius 1 is 1.33 bits per heavy atom. The zero-order valence-electron chi connectivity index (χ0n) is 12.8. The normalized spacial score (nSPS) is 18.6. The number of nitrogens with zero attached hydrogens (tertiary/aromatic N) is 2. The van der Waals surface area contributed by atoms with Gasteiger partial charge in [0.25, 0.3) is 0 Å². The lowest BCUT2D eigenvalue weighted by atomic mass is 10.1. The lowest BCUT2D eigenvalue weighted by Gasteiger charge is -2.37. The molecule has 1 saturated heterocycles. The quantitative estimate of drug-likeness (QED) is 0.847. The lowest BCUT2D eigenvalue weighted by Crippen LogP contribution is -2.49. The van der Waals surface area contributed by atoms with Crippen molar-refractivity contribution in [1.82, 2.24) is 9.80 Å². The fraction of sp³-hybridized carbons (Fsp3) is 0.562. The Labute approximate surface area is 131 Å². The molecule has 1 aliphatic rings. The van der Waals surface area contributed by atoms with Crippen LogP contribution < -0.4 is 5.73 Å². The molecule has 1 unspecified atom stereocenters. The number of hydrogen-bond donors (Lipinski definition) is 1. The van der Waals surface area contributed by atoms with Gasteiger partial charge in [0, 0.05) is 49.9 Å². The summed E-state index contributed by atoms with van der Waals surface area (Å²) in [7, 11) is 0. The first-order valence-corrected chi connectivity index (χ1v) is 7.96. The van der Waals surface area contributed by atoms with E-state index in [9.17, 15) is 4.39 Å². The number of halogens is 1. The van der Waals surface area contributed by atoms with E-state index >= 15 is 0 Å². The van der Waals surface area contributed by atoms with Crippen LogP contribution in [0, 0.1) is 5.82 Å². The smallest absolute Gasteiger partial charge is 0.128 e. The van der Waals surface area contributed by atoms with Crippen molar-refractivity contribution < 1.29 is 4.39 Å². The van der Waals surface area contributed by atoms with E-state index in [0.29, 0.717) is 23.7 Å². The SMILES string of the molecule is CCC(C)N1CCN(Cc2ccc(C(N)=S)cc2F)CC1. The molecule has 0 radical (unpaired) electrons. The molecule has 2 rings (SSSR count). The van der Waals surface area contributed by atoms with Crippen LogP contribution in [0.3, 0.4) is 0 Å². The third kappa shape index (κ3) is 4.22. The highest BCUT2D eigenvalue weighted by Crippen LogP contribution is 2.15. The third-order valence-electron chi connectivity index (χ3n) is 4.35. The summed E-state index contributed by atoms with van der Waals surface area (Å²) < 4.78 is 14.1. The Hall–Kier alpha value is -1.04. The number of rotatable bonds is 5.